The number of halogens is 4. The van der Waals surface area contributed by atoms with Gasteiger partial charge in [-0.3, -0.25) is 9.00 Å². The van der Waals surface area contributed by atoms with Crippen molar-refractivity contribution in [1.29, 1.82) is 0 Å². The first-order valence-electron chi connectivity index (χ1n) is 6.71. The minimum Gasteiger partial charge on any atom is -0.768 e. The normalized spacial score (nSPS) is 13.6. The third-order valence-electron chi connectivity index (χ3n) is 2.97. The fraction of sp³-hybridized carbons (Fsp3) is 0.500. The van der Waals surface area contributed by atoms with Gasteiger partial charge in [0.1, 0.15) is 0 Å². The largest absolute Gasteiger partial charge is 0.768 e. The van der Waals surface area contributed by atoms with Crippen LogP contribution in [0.2, 0.25) is 0 Å². The summed E-state index contributed by atoms with van der Waals surface area (Å²) in [5, 5.41) is -5.11. The van der Waals surface area contributed by atoms with Gasteiger partial charge in [-0.25, -0.2) is 0 Å². The lowest BCUT2D eigenvalue weighted by Gasteiger charge is -2.27. The fourth-order valence-electron chi connectivity index (χ4n) is 1.72. The van der Waals surface area contributed by atoms with Crippen LogP contribution in [0.3, 0.4) is 0 Å². The summed E-state index contributed by atoms with van der Waals surface area (Å²) >= 11 is -4.20. The van der Waals surface area contributed by atoms with Crippen molar-refractivity contribution in [2.24, 2.45) is 0 Å². The van der Waals surface area contributed by atoms with Gasteiger partial charge in [0.15, 0.2) is 0 Å². The summed E-state index contributed by atoms with van der Waals surface area (Å²) in [5.74, 6) is -5.22. The first kappa shape index (κ1) is 19.6. The van der Waals surface area contributed by atoms with Crippen molar-refractivity contribution in [3.05, 3.63) is 35.9 Å². The summed E-state index contributed by atoms with van der Waals surface area (Å²) in [7, 11) is 0. The standard InChI is InChI=1S/C14H16F4O4S/c15-13(16,14(17,18)23(20)21)8-4-5-9-22-12(19)10-11-6-2-1-3-7-11/h1-3,6-7H,4-5,8-10H2,(H,20,21)/p-1. The highest BCUT2D eigenvalue weighted by Crippen LogP contribution is 2.39. The molecule has 1 aromatic carbocycles. The highest BCUT2D eigenvalue weighted by atomic mass is 32.2. The number of hydrogen-bond donors (Lipinski definition) is 0. The number of alkyl halides is 4. The highest BCUT2D eigenvalue weighted by Gasteiger charge is 2.56. The minimum atomic E-state index is -5.11. The molecule has 0 saturated heterocycles. The van der Waals surface area contributed by atoms with Crippen molar-refractivity contribution in [2.45, 2.75) is 36.9 Å². The molecule has 0 radical (unpaired) electrons. The summed E-state index contributed by atoms with van der Waals surface area (Å²) in [6.45, 7) is -0.201. The van der Waals surface area contributed by atoms with E-state index in [0.29, 0.717) is 0 Å². The molecule has 0 spiro atoms. The summed E-state index contributed by atoms with van der Waals surface area (Å²) in [5.41, 5.74) is 0.724. The maximum atomic E-state index is 13.1. The Morgan fingerprint density at radius 2 is 1.74 bits per heavy atom. The van der Waals surface area contributed by atoms with Gasteiger partial charge in [-0.1, -0.05) is 30.3 Å². The lowest BCUT2D eigenvalue weighted by atomic mass is 10.1. The van der Waals surface area contributed by atoms with Crippen LogP contribution < -0.4 is 0 Å². The van der Waals surface area contributed by atoms with Gasteiger partial charge < -0.3 is 9.29 Å². The topological polar surface area (TPSA) is 66.4 Å². The van der Waals surface area contributed by atoms with Crippen molar-refractivity contribution >= 4 is 17.0 Å². The molecule has 1 unspecified atom stereocenters. The van der Waals surface area contributed by atoms with Crippen molar-refractivity contribution in [3.8, 4) is 0 Å². The third-order valence-corrected chi connectivity index (χ3v) is 3.69. The quantitative estimate of drug-likeness (QED) is 0.296. The molecular formula is C14H15F4O4S-. The Hall–Kier alpha value is -1.48. The number of ether oxygens (including phenoxy) is 1. The average molecular weight is 355 g/mol. The van der Waals surface area contributed by atoms with E-state index in [0.717, 1.165) is 5.56 Å². The molecule has 0 amide bonds. The summed E-state index contributed by atoms with van der Waals surface area (Å²) in [6.07, 6.45) is -1.77. The maximum absolute atomic E-state index is 13.1. The Bertz CT molecular complexity index is 537. The molecule has 0 fully saturated rings. The predicted octanol–water partition coefficient (Wildman–Crippen LogP) is 3.05. The van der Waals surface area contributed by atoms with Gasteiger partial charge in [-0.05, 0) is 18.4 Å². The monoisotopic (exact) mass is 355 g/mol. The first-order valence-corrected chi connectivity index (χ1v) is 7.79. The van der Waals surface area contributed by atoms with Gasteiger partial charge in [-0.2, -0.15) is 17.6 Å². The lowest BCUT2D eigenvalue weighted by molar-refractivity contribution is -0.162. The molecular weight excluding hydrogens is 340 g/mol. The summed E-state index contributed by atoms with van der Waals surface area (Å²) in [4.78, 5) is 11.4. The van der Waals surface area contributed by atoms with E-state index in [9.17, 15) is 31.1 Å². The first-order chi connectivity index (χ1) is 10.7. The van der Waals surface area contributed by atoms with Crippen LogP contribution in [0, 0.1) is 0 Å². The number of esters is 1. The number of hydrogen-bond acceptors (Lipinski definition) is 4. The predicted molar refractivity (Wildman–Crippen MR) is 73.8 cm³/mol. The number of rotatable bonds is 9. The van der Waals surface area contributed by atoms with Crippen LogP contribution >= 0.6 is 0 Å². The summed E-state index contributed by atoms with van der Waals surface area (Å²) in [6, 6.07) is 8.69. The van der Waals surface area contributed by atoms with Gasteiger partial charge in [0, 0.05) is 17.5 Å². The van der Waals surface area contributed by atoms with E-state index in [1.54, 1.807) is 30.3 Å². The van der Waals surface area contributed by atoms with Gasteiger partial charge in [0.25, 0.3) is 0 Å². The Morgan fingerprint density at radius 1 is 1.13 bits per heavy atom. The molecule has 1 aromatic rings. The molecule has 1 rings (SSSR count). The second kappa shape index (κ2) is 8.39. The van der Waals surface area contributed by atoms with Crippen LogP contribution in [0.15, 0.2) is 30.3 Å². The van der Waals surface area contributed by atoms with Gasteiger partial charge in [-0.15, -0.1) is 0 Å². The lowest BCUT2D eigenvalue weighted by Crippen LogP contribution is -2.43. The molecule has 9 heteroatoms. The Balaban J connectivity index is 2.27. The van der Waals surface area contributed by atoms with Crippen LogP contribution in [0.25, 0.3) is 0 Å². The van der Waals surface area contributed by atoms with Crippen LogP contribution in [-0.2, 0) is 27.0 Å². The Morgan fingerprint density at radius 3 is 2.30 bits per heavy atom. The molecule has 0 aliphatic rings. The van der Waals surface area contributed by atoms with Crippen LogP contribution in [0.5, 0.6) is 0 Å². The number of carbonyl (C=O) groups excluding carboxylic acids is 1. The van der Waals surface area contributed by atoms with E-state index in [1.165, 1.54) is 0 Å². The minimum absolute atomic E-state index is 0.0181. The Labute approximate surface area is 133 Å². The zero-order valence-electron chi connectivity index (χ0n) is 12.0. The molecule has 0 bridgehead atoms. The van der Waals surface area contributed by atoms with E-state index in [2.05, 4.69) is 0 Å². The van der Waals surface area contributed by atoms with E-state index >= 15 is 0 Å². The van der Waals surface area contributed by atoms with Crippen molar-refractivity contribution in [2.75, 3.05) is 6.61 Å². The van der Waals surface area contributed by atoms with Crippen molar-refractivity contribution < 1.29 is 35.9 Å². The molecule has 4 nitrogen and oxygen atoms in total. The van der Waals surface area contributed by atoms with E-state index in [4.69, 9.17) is 4.74 Å². The van der Waals surface area contributed by atoms with Crippen LogP contribution in [0.4, 0.5) is 17.6 Å². The zero-order valence-corrected chi connectivity index (χ0v) is 12.8. The molecule has 0 heterocycles. The maximum Gasteiger partial charge on any atom is 0.371 e. The van der Waals surface area contributed by atoms with E-state index in [1.807, 2.05) is 0 Å². The third kappa shape index (κ3) is 5.91. The highest BCUT2D eigenvalue weighted by molar-refractivity contribution is 7.80. The van der Waals surface area contributed by atoms with Gasteiger partial charge in [0.05, 0.1) is 13.0 Å². The van der Waals surface area contributed by atoms with E-state index < -0.39 is 41.1 Å². The van der Waals surface area contributed by atoms with E-state index in [-0.39, 0.29) is 19.4 Å². The van der Waals surface area contributed by atoms with Gasteiger partial charge in [0.2, 0.25) is 0 Å². The van der Waals surface area contributed by atoms with Crippen LogP contribution in [-0.4, -0.2) is 32.5 Å². The molecule has 0 aliphatic heterocycles. The SMILES string of the molecule is O=C(Cc1ccccc1)OCCCCC(F)(F)C(F)(F)S(=O)[O-]. The molecule has 0 aromatic heterocycles. The average Bonchev–Trinajstić information content (AvgIpc) is 2.47. The molecule has 1 atom stereocenters. The number of benzene rings is 1. The van der Waals surface area contributed by atoms with Crippen LogP contribution in [0.1, 0.15) is 24.8 Å². The Kier molecular flexibility index (Phi) is 7.14. The molecule has 130 valence electrons. The molecule has 0 aliphatic carbocycles. The number of carbonyl (C=O) groups is 1. The molecule has 23 heavy (non-hydrogen) atoms. The van der Waals surface area contributed by atoms with Crippen molar-refractivity contribution in [1.82, 2.24) is 0 Å². The molecule has 0 N–H and O–H groups in total. The summed E-state index contributed by atoms with van der Waals surface area (Å²) < 4.78 is 76.7. The van der Waals surface area contributed by atoms with Crippen molar-refractivity contribution in [3.63, 3.8) is 0 Å². The zero-order chi connectivity index (χ0) is 17.5. The smallest absolute Gasteiger partial charge is 0.371 e. The number of unbranched alkanes of at least 4 members (excludes halogenated alkanes) is 1. The van der Waals surface area contributed by atoms with Gasteiger partial charge >= 0.3 is 17.1 Å². The second-order valence-electron chi connectivity index (χ2n) is 4.80. The second-order valence-corrected chi connectivity index (χ2v) is 5.78. The molecule has 0 saturated carbocycles. The fourth-order valence-corrected chi connectivity index (χ4v) is 2.06.